The van der Waals surface area contributed by atoms with Crippen molar-refractivity contribution in [2.75, 3.05) is 13.2 Å². The van der Waals surface area contributed by atoms with E-state index in [1.54, 1.807) is 6.20 Å². The smallest absolute Gasteiger partial charge is 0.139 e. The first-order chi connectivity index (χ1) is 7.76. The van der Waals surface area contributed by atoms with Crippen LogP contribution >= 0.6 is 0 Å². The number of hydrogen-bond acceptors (Lipinski definition) is 3. The molecule has 4 nitrogen and oxygen atoms in total. The zero-order chi connectivity index (χ0) is 11.8. The molecule has 1 heterocycles. The van der Waals surface area contributed by atoms with Crippen molar-refractivity contribution in [3.05, 3.63) is 18.0 Å². The van der Waals surface area contributed by atoms with Crippen molar-refractivity contribution in [1.82, 2.24) is 9.78 Å². The van der Waals surface area contributed by atoms with Gasteiger partial charge in [-0.25, -0.2) is 0 Å². The molecule has 0 aliphatic heterocycles. The van der Waals surface area contributed by atoms with Crippen LogP contribution in [0.5, 0.6) is 0 Å². The molecule has 0 aliphatic carbocycles. The minimum absolute atomic E-state index is 0.215. The Bertz CT molecular complexity index is 321. The molecule has 0 saturated carbocycles. The van der Waals surface area contributed by atoms with Gasteiger partial charge in [0.1, 0.15) is 5.78 Å². The summed E-state index contributed by atoms with van der Waals surface area (Å²) in [6.45, 7) is 6.20. The number of carbonyl (C=O) groups is 1. The van der Waals surface area contributed by atoms with Gasteiger partial charge in [-0.3, -0.25) is 9.48 Å². The van der Waals surface area contributed by atoms with Crippen LogP contribution in [0.3, 0.4) is 0 Å². The fourth-order valence-electron chi connectivity index (χ4n) is 1.42. The highest BCUT2D eigenvalue weighted by Gasteiger charge is 2.05. The molecule has 0 atom stereocenters. The summed E-state index contributed by atoms with van der Waals surface area (Å²) in [4.78, 5) is 11.6. The summed E-state index contributed by atoms with van der Waals surface area (Å²) < 4.78 is 7.11. The van der Waals surface area contributed by atoms with Crippen LogP contribution < -0.4 is 0 Å². The number of aromatic nitrogens is 2. The van der Waals surface area contributed by atoms with Gasteiger partial charge in [0, 0.05) is 32.2 Å². The predicted octanol–water partition coefficient (Wildman–Crippen LogP) is 1.83. The first-order valence-corrected chi connectivity index (χ1v) is 5.87. The number of Topliss-reactive ketones (excluding diaryl/α,β-unsaturated/α-hetero) is 1. The second-order valence-electron chi connectivity index (χ2n) is 3.78. The summed E-state index contributed by atoms with van der Waals surface area (Å²) >= 11 is 0. The maximum absolute atomic E-state index is 11.6. The van der Waals surface area contributed by atoms with Crippen LogP contribution in [0.2, 0.25) is 0 Å². The third-order valence-corrected chi connectivity index (χ3v) is 2.29. The summed E-state index contributed by atoms with van der Waals surface area (Å²) in [5.41, 5.74) is 0.988. The van der Waals surface area contributed by atoms with E-state index in [1.807, 2.05) is 17.8 Å². The zero-order valence-electron chi connectivity index (χ0n) is 10.1. The molecule has 90 valence electrons. The van der Waals surface area contributed by atoms with E-state index < -0.39 is 0 Å². The van der Waals surface area contributed by atoms with E-state index in [0.29, 0.717) is 19.4 Å². The van der Waals surface area contributed by atoms with Crippen LogP contribution in [0.15, 0.2) is 12.4 Å². The van der Waals surface area contributed by atoms with Gasteiger partial charge in [-0.15, -0.1) is 0 Å². The molecule has 0 bridgehead atoms. The molecule has 1 rings (SSSR count). The van der Waals surface area contributed by atoms with Crippen LogP contribution in [-0.4, -0.2) is 28.8 Å². The van der Waals surface area contributed by atoms with Gasteiger partial charge in [-0.05, 0) is 18.9 Å². The number of hydrogen-bond donors (Lipinski definition) is 0. The van der Waals surface area contributed by atoms with Gasteiger partial charge in [0.15, 0.2) is 0 Å². The SMILES string of the molecule is CCCOCCC(=O)Cc1cnn(CC)c1. The summed E-state index contributed by atoms with van der Waals surface area (Å²) in [6.07, 6.45) is 5.64. The second-order valence-corrected chi connectivity index (χ2v) is 3.78. The molecule has 0 radical (unpaired) electrons. The van der Waals surface area contributed by atoms with Crippen molar-refractivity contribution < 1.29 is 9.53 Å². The van der Waals surface area contributed by atoms with E-state index >= 15 is 0 Å². The molecule has 0 aromatic carbocycles. The third kappa shape index (κ3) is 4.57. The lowest BCUT2D eigenvalue weighted by atomic mass is 10.1. The Balaban J connectivity index is 2.23. The molecular formula is C12H20N2O2. The first-order valence-electron chi connectivity index (χ1n) is 5.87. The number of aryl methyl sites for hydroxylation is 1. The Hall–Kier alpha value is -1.16. The molecule has 0 saturated heterocycles. The van der Waals surface area contributed by atoms with Gasteiger partial charge in [0.2, 0.25) is 0 Å². The van der Waals surface area contributed by atoms with E-state index in [1.165, 1.54) is 0 Å². The standard InChI is InChI=1S/C12H20N2O2/c1-3-6-16-7-5-12(15)8-11-9-13-14(4-2)10-11/h9-10H,3-8H2,1-2H3. The first kappa shape index (κ1) is 12.9. The average molecular weight is 224 g/mol. The summed E-state index contributed by atoms with van der Waals surface area (Å²) in [5.74, 6) is 0.215. The minimum Gasteiger partial charge on any atom is -0.381 e. The van der Waals surface area contributed by atoms with Crippen molar-refractivity contribution in [3.8, 4) is 0 Å². The maximum atomic E-state index is 11.6. The number of carbonyl (C=O) groups excluding carboxylic acids is 1. The van der Waals surface area contributed by atoms with E-state index in [0.717, 1.165) is 25.1 Å². The van der Waals surface area contributed by atoms with Gasteiger partial charge in [0.05, 0.1) is 12.8 Å². The third-order valence-electron chi connectivity index (χ3n) is 2.29. The van der Waals surface area contributed by atoms with Gasteiger partial charge in [-0.1, -0.05) is 6.92 Å². The molecule has 0 fully saturated rings. The number of ether oxygens (including phenoxy) is 1. The Morgan fingerprint density at radius 2 is 2.25 bits per heavy atom. The second kappa shape index (κ2) is 7.17. The van der Waals surface area contributed by atoms with E-state index in [4.69, 9.17) is 4.74 Å². The van der Waals surface area contributed by atoms with Gasteiger partial charge in [-0.2, -0.15) is 5.10 Å². The summed E-state index contributed by atoms with van der Waals surface area (Å²) in [7, 11) is 0. The monoisotopic (exact) mass is 224 g/mol. The Morgan fingerprint density at radius 1 is 1.44 bits per heavy atom. The molecule has 0 amide bonds. The highest BCUT2D eigenvalue weighted by Crippen LogP contribution is 2.01. The van der Waals surface area contributed by atoms with E-state index in [9.17, 15) is 4.79 Å². The summed E-state index contributed by atoms with van der Waals surface area (Å²) in [5, 5.41) is 4.13. The lowest BCUT2D eigenvalue weighted by Crippen LogP contribution is -2.07. The largest absolute Gasteiger partial charge is 0.381 e. The quantitative estimate of drug-likeness (QED) is 0.633. The van der Waals surface area contributed by atoms with Crippen molar-refractivity contribution in [3.63, 3.8) is 0 Å². The van der Waals surface area contributed by atoms with Crippen molar-refractivity contribution in [2.24, 2.45) is 0 Å². The molecule has 1 aromatic heterocycles. The molecule has 16 heavy (non-hydrogen) atoms. The Labute approximate surface area is 96.6 Å². The molecule has 4 heteroatoms. The molecule has 0 aliphatic rings. The Kier molecular flexibility index (Phi) is 5.78. The summed E-state index contributed by atoms with van der Waals surface area (Å²) in [6, 6.07) is 0. The number of nitrogens with zero attached hydrogens (tertiary/aromatic N) is 2. The molecule has 0 spiro atoms. The van der Waals surface area contributed by atoms with Crippen LogP contribution in [0.1, 0.15) is 32.3 Å². The van der Waals surface area contributed by atoms with Crippen molar-refractivity contribution in [1.29, 1.82) is 0 Å². The molecular weight excluding hydrogens is 204 g/mol. The zero-order valence-corrected chi connectivity index (χ0v) is 10.1. The highest BCUT2D eigenvalue weighted by molar-refractivity contribution is 5.80. The van der Waals surface area contributed by atoms with Gasteiger partial charge >= 0.3 is 0 Å². The number of rotatable bonds is 8. The lowest BCUT2D eigenvalue weighted by molar-refractivity contribution is -0.119. The topological polar surface area (TPSA) is 44.1 Å². The van der Waals surface area contributed by atoms with Gasteiger partial charge in [0.25, 0.3) is 0 Å². The lowest BCUT2D eigenvalue weighted by Gasteiger charge is -2.01. The predicted molar refractivity (Wildman–Crippen MR) is 62.3 cm³/mol. The molecule has 0 unspecified atom stereocenters. The van der Waals surface area contributed by atoms with Crippen LogP contribution in [0, 0.1) is 0 Å². The maximum Gasteiger partial charge on any atom is 0.139 e. The van der Waals surface area contributed by atoms with Crippen LogP contribution in [-0.2, 0) is 22.5 Å². The Morgan fingerprint density at radius 3 is 2.88 bits per heavy atom. The fourth-order valence-corrected chi connectivity index (χ4v) is 1.42. The van der Waals surface area contributed by atoms with E-state index in [-0.39, 0.29) is 5.78 Å². The van der Waals surface area contributed by atoms with E-state index in [2.05, 4.69) is 12.0 Å². The highest BCUT2D eigenvalue weighted by atomic mass is 16.5. The van der Waals surface area contributed by atoms with Crippen LogP contribution in [0.4, 0.5) is 0 Å². The normalized spacial score (nSPS) is 10.6. The number of ketones is 1. The van der Waals surface area contributed by atoms with Crippen molar-refractivity contribution in [2.45, 2.75) is 39.7 Å². The van der Waals surface area contributed by atoms with Gasteiger partial charge < -0.3 is 4.74 Å². The van der Waals surface area contributed by atoms with Crippen LogP contribution in [0.25, 0.3) is 0 Å². The van der Waals surface area contributed by atoms with Crippen molar-refractivity contribution >= 4 is 5.78 Å². The average Bonchev–Trinajstić information content (AvgIpc) is 2.72. The fraction of sp³-hybridized carbons (Fsp3) is 0.667. The molecule has 1 aromatic rings. The molecule has 0 N–H and O–H groups in total. The minimum atomic E-state index is 0.215.